The second kappa shape index (κ2) is 4.93. The number of ether oxygens (including phenoxy) is 1. The summed E-state index contributed by atoms with van der Waals surface area (Å²) in [6.07, 6.45) is 3.78. The number of aromatic nitrogens is 2. The van der Waals surface area contributed by atoms with Gasteiger partial charge in [0.25, 0.3) is 0 Å². The van der Waals surface area contributed by atoms with Crippen LogP contribution in [0.5, 0.6) is 5.75 Å². The van der Waals surface area contributed by atoms with Crippen LogP contribution in [0, 0.1) is 6.92 Å². The molecule has 2 N–H and O–H groups in total. The van der Waals surface area contributed by atoms with Crippen LogP contribution in [-0.4, -0.2) is 34.6 Å². The predicted molar refractivity (Wildman–Crippen MR) is 73.5 cm³/mol. The topological polar surface area (TPSA) is 59.3 Å². The molecule has 0 saturated heterocycles. The number of hydrogen-bond donors (Lipinski definition) is 2. The maximum Gasteiger partial charge on any atom is 0.142 e. The summed E-state index contributed by atoms with van der Waals surface area (Å²) in [4.78, 5) is 0. The monoisotopic (exact) mass is 259 g/mol. The van der Waals surface area contributed by atoms with Gasteiger partial charge in [-0.1, -0.05) is 0 Å². The molecule has 0 unspecified atom stereocenters. The molecule has 0 amide bonds. The number of nitrogens with one attached hydrogen (secondary N) is 1. The van der Waals surface area contributed by atoms with Crippen molar-refractivity contribution in [1.82, 2.24) is 9.78 Å². The van der Waals surface area contributed by atoms with Gasteiger partial charge in [0.2, 0.25) is 0 Å². The SMILES string of the molecule is Cc1cc2c(cc1-c1cnn(CCO)c1)NCCO2. The van der Waals surface area contributed by atoms with Crippen LogP contribution in [0.4, 0.5) is 5.69 Å². The summed E-state index contributed by atoms with van der Waals surface area (Å²) in [5, 5.41) is 16.5. The molecule has 1 aliphatic rings. The fourth-order valence-corrected chi connectivity index (χ4v) is 2.32. The number of aryl methyl sites for hydroxylation is 1. The van der Waals surface area contributed by atoms with Gasteiger partial charge in [-0.3, -0.25) is 4.68 Å². The molecule has 19 heavy (non-hydrogen) atoms. The van der Waals surface area contributed by atoms with Crippen LogP contribution in [0.1, 0.15) is 5.56 Å². The van der Waals surface area contributed by atoms with Crippen molar-refractivity contribution < 1.29 is 9.84 Å². The summed E-state index contributed by atoms with van der Waals surface area (Å²) in [6.45, 7) is 4.22. The summed E-state index contributed by atoms with van der Waals surface area (Å²) in [5.41, 5.74) is 4.38. The molecule has 0 spiro atoms. The third kappa shape index (κ3) is 2.29. The van der Waals surface area contributed by atoms with Crippen LogP contribution < -0.4 is 10.1 Å². The molecule has 1 aromatic carbocycles. The van der Waals surface area contributed by atoms with Crippen molar-refractivity contribution >= 4 is 5.69 Å². The van der Waals surface area contributed by atoms with Gasteiger partial charge in [0.15, 0.2) is 0 Å². The summed E-state index contributed by atoms with van der Waals surface area (Å²) >= 11 is 0. The van der Waals surface area contributed by atoms with Gasteiger partial charge in [-0.2, -0.15) is 5.10 Å². The molecule has 0 saturated carbocycles. The highest BCUT2D eigenvalue weighted by molar-refractivity contribution is 5.74. The number of nitrogens with zero attached hydrogens (tertiary/aromatic N) is 2. The molecule has 5 nitrogen and oxygen atoms in total. The molecule has 0 radical (unpaired) electrons. The lowest BCUT2D eigenvalue weighted by Crippen LogP contribution is -2.18. The molecule has 1 aliphatic heterocycles. The van der Waals surface area contributed by atoms with E-state index in [2.05, 4.69) is 29.5 Å². The van der Waals surface area contributed by atoms with E-state index in [9.17, 15) is 0 Å². The number of hydrogen-bond acceptors (Lipinski definition) is 4. The van der Waals surface area contributed by atoms with E-state index in [0.717, 1.165) is 34.7 Å². The van der Waals surface area contributed by atoms with Crippen molar-refractivity contribution in [2.45, 2.75) is 13.5 Å². The quantitative estimate of drug-likeness (QED) is 0.880. The van der Waals surface area contributed by atoms with Crippen molar-refractivity contribution in [3.05, 3.63) is 30.1 Å². The first-order chi connectivity index (χ1) is 9.28. The summed E-state index contributed by atoms with van der Waals surface area (Å²) in [5.74, 6) is 0.912. The lowest BCUT2D eigenvalue weighted by molar-refractivity contribution is 0.269. The van der Waals surface area contributed by atoms with E-state index in [1.807, 2.05) is 12.4 Å². The zero-order valence-electron chi connectivity index (χ0n) is 10.9. The van der Waals surface area contributed by atoms with Crippen LogP contribution in [0.2, 0.25) is 0 Å². The Morgan fingerprint density at radius 1 is 1.47 bits per heavy atom. The fraction of sp³-hybridized carbons (Fsp3) is 0.357. The van der Waals surface area contributed by atoms with Gasteiger partial charge >= 0.3 is 0 Å². The third-order valence-corrected chi connectivity index (χ3v) is 3.27. The molecule has 100 valence electrons. The number of fused-ring (bicyclic) bond motifs is 1. The number of aliphatic hydroxyl groups excluding tert-OH is 1. The van der Waals surface area contributed by atoms with Gasteiger partial charge in [-0.15, -0.1) is 0 Å². The van der Waals surface area contributed by atoms with Crippen molar-refractivity contribution in [2.75, 3.05) is 25.1 Å². The van der Waals surface area contributed by atoms with Crippen LogP contribution in [-0.2, 0) is 6.54 Å². The Balaban J connectivity index is 1.99. The first kappa shape index (κ1) is 12.0. The molecule has 3 rings (SSSR count). The summed E-state index contributed by atoms with van der Waals surface area (Å²) in [7, 11) is 0. The lowest BCUT2D eigenvalue weighted by Gasteiger charge is -2.20. The summed E-state index contributed by atoms with van der Waals surface area (Å²) in [6, 6.07) is 4.16. The first-order valence-corrected chi connectivity index (χ1v) is 6.43. The highest BCUT2D eigenvalue weighted by atomic mass is 16.5. The van der Waals surface area contributed by atoms with Gasteiger partial charge in [-0.25, -0.2) is 0 Å². The minimum Gasteiger partial charge on any atom is -0.490 e. The van der Waals surface area contributed by atoms with Gasteiger partial charge in [0.05, 0.1) is 25.0 Å². The smallest absolute Gasteiger partial charge is 0.142 e. The van der Waals surface area contributed by atoms with Crippen molar-refractivity contribution in [1.29, 1.82) is 0 Å². The zero-order valence-corrected chi connectivity index (χ0v) is 10.9. The normalized spacial score (nSPS) is 13.6. The van der Waals surface area contributed by atoms with E-state index < -0.39 is 0 Å². The molecule has 0 fully saturated rings. The Kier molecular flexibility index (Phi) is 3.13. The number of aliphatic hydroxyl groups is 1. The maximum atomic E-state index is 8.92. The Morgan fingerprint density at radius 2 is 2.37 bits per heavy atom. The van der Waals surface area contributed by atoms with E-state index in [-0.39, 0.29) is 6.61 Å². The van der Waals surface area contributed by atoms with Crippen molar-refractivity contribution in [3.8, 4) is 16.9 Å². The van der Waals surface area contributed by atoms with Crippen LogP contribution in [0.25, 0.3) is 11.1 Å². The van der Waals surface area contributed by atoms with E-state index >= 15 is 0 Å². The van der Waals surface area contributed by atoms with Crippen LogP contribution in [0.15, 0.2) is 24.5 Å². The largest absolute Gasteiger partial charge is 0.490 e. The second-order valence-corrected chi connectivity index (χ2v) is 4.65. The fourth-order valence-electron chi connectivity index (χ4n) is 2.32. The molecule has 0 atom stereocenters. The van der Waals surface area contributed by atoms with Gasteiger partial charge in [0, 0.05) is 18.3 Å². The maximum absolute atomic E-state index is 8.92. The van der Waals surface area contributed by atoms with Gasteiger partial charge < -0.3 is 15.2 Å². The highest BCUT2D eigenvalue weighted by Gasteiger charge is 2.14. The number of anilines is 1. The van der Waals surface area contributed by atoms with E-state index in [0.29, 0.717) is 13.2 Å². The molecule has 2 heterocycles. The van der Waals surface area contributed by atoms with Crippen molar-refractivity contribution in [3.63, 3.8) is 0 Å². The van der Waals surface area contributed by atoms with Crippen LogP contribution >= 0.6 is 0 Å². The van der Waals surface area contributed by atoms with E-state index in [1.54, 1.807) is 4.68 Å². The van der Waals surface area contributed by atoms with Crippen molar-refractivity contribution in [2.24, 2.45) is 0 Å². The Hall–Kier alpha value is -2.01. The Morgan fingerprint density at radius 3 is 3.21 bits per heavy atom. The number of benzene rings is 1. The van der Waals surface area contributed by atoms with Gasteiger partial charge in [0.1, 0.15) is 12.4 Å². The van der Waals surface area contributed by atoms with E-state index in [1.165, 1.54) is 0 Å². The van der Waals surface area contributed by atoms with E-state index in [4.69, 9.17) is 9.84 Å². The first-order valence-electron chi connectivity index (χ1n) is 6.43. The second-order valence-electron chi connectivity index (χ2n) is 4.65. The number of rotatable bonds is 3. The molecule has 1 aromatic heterocycles. The minimum atomic E-state index is 0.0969. The molecule has 5 heteroatoms. The average Bonchev–Trinajstić information content (AvgIpc) is 2.87. The van der Waals surface area contributed by atoms with Gasteiger partial charge in [-0.05, 0) is 30.2 Å². The standard InChI is InChI=1S/C14H17N3O2/c1-10-6-14-13(15-2-5-19-14)7-12(10)11-8-16-17(9-11)3-4-18/h6-9,15,18H,2-5H2,1H3. The Bertz CT molecular complexity index is 592. The molecule has 2 aromatic rings. The highest BCUT2D eigenvalue weighted by Crippen LogP contribution is 2.35. The lowest BCUT2D eigenvalue weighted by atomic mass is 10.0. The molecular formula is C14H17N3O2. The molecule has 0 aliphatic carbocycles. The zero-order chi connectivity index (χ0) is 13.2. The average molecular weight is 259 g/mol. The predicted octanol–water partition coefficient (Wildman–Crippen LogP) is 1.66. The Labute approximate surface area is 111 Å². The third-order valence-electron chi connectivity index (χ3n) is 3.27. The molecule has 0 bridgehead atoms. The summed E-state index contributed by atoms with van der Waals surface area (Å²) < 4.78 is 7.37. The molecular weight excluding hydrogens is 242 g/mol. The minimum absolute atomic E-state index is 0.0969. The van der Waals surface area contributed by atoms with Crippen LogP contribution in [0.3, 0.4) is 0 Å².